The minimum atomic E-state index is -0.217. The Labute approximate surface area is 125 Å². The van der Waals surface area contributed by atoms with Crippen LogP contribution in [0, 0.1) is 12.7 Å². The number of halogens is 1. The molecule has 0 spiro atoms. The Morgan fingerprint density at radius 1 is 1.19 bits per heavy atom. The summed E-state index contributed by atoms with van der Waals surface area (Å²) in [6.45, 7) is 5.68. The Balaban J connectivity index is 2.14. The molecular weight excluding hydrogens is 267 g/mol. The molecule has 0 fully saturated rings. The third kappa shape index (κ3) is 3.90. The summed E-state index contributed by atoms with van der Waals surface area (Å²) in [5, 5.41) is 3.30. The zero-order valence-corrected chi connectivity index (χ0v) is 12.7. The number of hydrogen-bond acceptors (Lipinski definition) is 4. The van der Waals surface area contributed by atoms with Crippen LogP contribution in [0.3, 0.4) is 0 Å². The first-order chi connectivity index (χ1) is 10.1. The minimum Gasteiger partial charge on any atom is -0.370 e. The van der Waals surface area contributed by atoms with Gasteiger partial charge in [0.25, 0.3) is 0 Å². The molecular formula is C16H21FN4. The highest BCUT2D eigenvalue weighted by atomic mass is 19.1. The van der Waals surface area contributed by atoms with Gasteiger partial charge in [0.15, 0.2) is 0 Å². The van der Waals surface area contributed by atoms with Crippen LogP contribution in [0.5, 0.6) is 0 Å². The van der Waals surface area contributed by atoms with Crippen molar-refractivity contribution < 1.29 is 4.39 Å². The highest BCUT2D eigenvalue weighted by molar-refractivity contribution is 5.57. The predicted molar refractivity (Wildman–Crippen MR) is 84.1 cm³/mol. The highest BCUT2D eigenvalue weighted by Gasteiger charge is 2.11. The van der Waals surface area contributed by atoms with E-state index in [9.17, 15) is 4.39 Å². The van der Waals surface area contributed by atoms with Gasteiger partial charge < -0.3 is 10.2 Å². The minimum absolute atomic E-state index is 0.217. The predicted octanol–water partition coefficient (Wildman–Crippen LogP) is 3.38. The molecule has 2 rings (SSSR count). The Morgan fingerprint density at radius 3 is 2.57 bits per heavy atom. The van der Waals surface area contributed by atoms with E-state index in [2.05, 4.69) is 22.2 Å². The summed E-state index contributed by atoms with van der Waals surface area (Å²) in [5.41, 5.74) is 2.07. The molecule has 1 N–H and O–H groups in total. The van der Waals surface area contributed by atoms with Gasteiger partial charge >= 0.3 is 0 Å². The Kier molecular flexibility index (Phi) is 5.09. The normalized spacial score (nSPS) is 10.5. The number of benzene rings is 1. The van der Waals surface area contributed by atoms with E-state index in [0.717, 1.165) is 35.7 Å². The van der Waals surface area contributed by atoms with E-state index in [1.807, 2.05) is 18.9 Å². The molecule has 21 heavy (non-hydrogen) atoms. The van der Waals surface area contributed by atoms with Crippen LogP contribution in [-0.4, -0.2) is 23.6 Å². The molecule has 0 atom stereocenters. The van der Waals surface area contributed by atoms with Crippen molar-refractivity contribution >= 4 is 11.6 Å². The van der Waals surface area contributed by atoms with Crippen LogP contribution in [0.15, 0.2) is 30.6 Å². The van der Waals surface area contributed by atoms with Gasteiger partial charge in [-0.2, -0.15) is 0 Å². The van der Waals surface area contributed by atoms with Gasteiger partial charge in [-0.05, 0) is 31.0 Å². The van der Waals surface area contributed by atoms with Crippen molar-refractivity contribution in [1.29, 1.82) is 0 Å². The van der Waals surface area contributed by atoms with Gasteiger partial charge in [-0.15, -0.1) is 0 Å². The first-order valence-electron chi connectivity index (χ1n) is 7.13. The third-order valence-electron chi connectivity index (χ3n) is 3.29. The van der Waals surface area contributed by atoms with Gasteiger partial charge in [-0.1, -0.05) is 19.1 Å². The molecule has 1 aromatic heterocycles. The zero-order chi connectivity index (χ0) is 15.2. The van der Waals surface area contributed by atoms with E-state index >= 15 is 0 Å². The smallest absolute Gasteiger partial charge is 0.137 e. The summed E-state index contributed by atoms with van der Waals surface area (Å²) < 4.78 is 12.9. The molecule has 0 aliphatic rings. The second kappa shape index (κ2) is 7.02. The fourth-order valence-corrected chi connectivity index (χ4v) is 2.19. The number of rotatable bonds is 6. The van der Waals surface area contributed by atoms with Gasteiger partial charge in [-0.3, -0.25) is 0 Å². The maximum Gasteiger partial charge on any atom is 0.137 e. The fraction of sp³-hybridized carbons (Fsp3) is 0.375. The first kappa shape index (κ1) is 15.2. The highest BCUT2D eigenvalue weighted by Crippen LogP contribution is 2.22. The average molecular weight is 288 g/mol. The number of nitrogens with one attached hydrogen (secondary N) is 1. The van der Waals surface area contributed by atoms with Crippen LogP contribution < -0.4 is 10.2 Å². The van der Waals surface area contributed by atoms with E-state index in [1.165, 1.54) is 12.1 Å². The zero-order valence-electron chi connectivity index (χ0n) is 12.7. The molecule has 0 radical (unpaired) electrons. The summed E-state index contributed by atoms with van der Waals surface area (Å²) in [6.07, 6.45) is 2.62. The van der Waals surface area contributed by atoms with Crippen molar-refractivity contribution in [3.05, 3.63) is 47.5 Å². The van der Waals surface area contributed by atoms with Crippen LogP contribution in [-0.2, 0) is 6.54 Å². The van der Waals surface area contributed by atoms with Crippen molar-refractivity contribution in [2.45, 2.75) is 26.8 Å². The standard InChI is InChI=1S/C16H21FN4/c1-4-9-18-15-12(2)16(20-11-19-15)21(3)10-13-5-7-14(17)8-6-13/h5-8,11H,4,9-10H2,1-3H3,(H,18,19,20). The second-order valence-corrected chi connectivity index (χ2v) is 5.08. The maximum atomic E-state index is 12.9. The molecule has 0 unspecified atom stereocenters. The lowest BCUT2D eigenvalue weighted by Crippen LogP contribution is -2.20. The first-order valence-corrected chi connectivity index (χ1v) is 7.13. The molecule has 0 saturated heterocycles. The lowest BCUT2D eigenvalue weighted by Gasteiger charge is -2.21. The topological polar surface area (TPSA) is 41.1 Å². The second-order valence-electron chi connectivity index (χ2n) is 5.08. The lowest BCUT2D eigenvalue weighted by atomic mass is 10.2. The van der Waals surface area contributed by atoms with Crippen molar-refractivity contribution in [3.63, 3.8) is 0 Å². The van der Waals surface area contributed by atoms with Gasteiger partial charge in [-0.25, -0.2) is 14.4 Å². The number of anilines is 2. The number of aromatic nitrogens is 2. The molecule has 0 amide bonds. The van der Waals surface area contributed by atoms with E-state index in [0.29, 0.717) is 6.54 Å². The average Bonchev–Trinajstić information content (AvgIpc) is 2.48. The van der Waals surface area contributed by atoms with Crippen LogP contribution >= 0.6 is 0 Å². The van der Waals surface area contributed by atoms with Gasteiger partial charge in [0.1, 0.15) is 23.8 Å². The molecule has 4 nitrogen and oxygen atoms in total. The summed E-state index contributed by atoms with van der Waals surface area (Å²) in [4.78, 5) is 10.7. The molecule has 0 saturated carbocycles. The van der Waals surface area contributed by atoms with Crippen LogP contribution in [0.2, 0.25) is 0 Å². The van der Waals surface area contributed by atoms with Crippen molar-refractivity contribution in [3.8, 4) is 0 Å². The molecule has 0 aliphatic carbocycles. The molecule has 1 heterocycles. The summed E-state index contributed by atoms with van der Waals surface area (Å²) in [6, 6.07) is 6.53. The van der Waals surface area contributed by atoms with E-state index < -0.39 is 0 Å². The molecule has 1 aromatic carbocycles. The third-order valence-corrected chi connectivity index (χ3v) is 3.29. The molecule has 5 heteroatoms. The summed E-state index contributed by atoms with van der Waals surface area (Å²) >= 11 is 0. The van der Waals surface area contributed by atoms with Crippen molar-refractivity contribution in [1.82, 2.24) is 9.97 Å². The Hall–Kier alpha value is -2.17. The molecule has 0 bridgehead atoms. The summed E-state index contributed by atoms with van der Waals surface area (Å²) in [5.74, 6) is 1.53. The van der Waals surface area contributed by atoms with Crippen molar-refractivity contribution in [2.75, 3.05) is 23.8 Å². The van der Waals surface area contributed by atoms with E-state index in [4.69, 9.17) is 0 Å². The SMILES string of the molecule is CCCNc1ncnc(N(C)Cc2ccc(F)cc2)c1C. The Morgan fingerprint density at radius 2 is 1.90 bits per heavy atom. The van der Waals surface area contributed by atoms with Crippen LogP contribution in [0.25, 0.3) is 0 Å². The van der Waals surface area contributed by atoms with Gasteiger partial charge in [0.2, 0.25) is 0 Å². The van der Waals surface area contributed by atoms with Gasteiger partial charge in [0.05, 0.1) is 0 Å². The largest absolute Gasteiger partial charge is 0.370 e. The Bertz CT molecular complexity index is 583. The van der Waals surface area contributed by atoms with Crippen LogP contribution in [0.4, 0.5) is 16.0 Å². The van der Waals surface area contributed by atoms with E-state index in [1.54, 1.807) is 18.5 Å². The van der Waals surface area contributed by atoms with Gasteiger partial charge in [0, 0.05) is 25.7 Å². The van der Waals surface area contributed by atoms with Crippen molar-refractivity contribution in [2.24, 2.45) is 0 Å². The molecule has 0 aliphatic heterocycles. The number of hydrogen-bond donors (Lipinski definition) is 1. The monoisotopic (exact) mass is 288 g/mol. The molecule has 2 aromatic rings. The summed E-state index contributed by atoms with van der Waals surface area (Å²) in [7, 11) is 1.97. The van der Waals surface area contributed by atoms with E-state index in [-0.39, 0.29) is 5.82 Å². The fourth-order valence-electron chi connectivity index (χ4n) is 2.19. The lowest BCUT2D eigenvalue weighted by molar-refractivity contribution is 0.627. The quantitative estimate of drug-likeness (QED) is 0.884. The van der Waals surface area contributed by atoms with Crippen LogP contribution in [0.1, 0.15) is 24.5 Å². The molecule has 112 valence electrons. The number of nitrogens with zero attached hydrogens (tertiary/aromatic N) is 3. The maximum absolute atomic E-state index is 12.9.